The maximum Gasteiger partial charge on any atom is 0.328 e. The Morgan fingerprint density at radius 2 is 1.79 bits per heavy atom. The summed E-state index contributed by atoms with van der Waals surface area (Å²) in [4.78, 5) is 43.3. The van der Waals surface area contributed by atoms with Gasteiger partial charge in [-0.1, -0.05) is 17.7 Å². The number of hydrogen-bond donors (Lipinski definition) is 2. The molecule has 5 heterocycles. The van der Waals surface area contributed by atoms with Gasteiger partial charge in [-0.25, -0.2) is 9.18 Å². The lowest BCUT2D eigenvalue weighted by atomic mass is 9.92. The first kappa shape index (κ1) is 40.2. The van der Waals surface area contributed by atoms with Gasteiger partial charge in [-0.3, -0.25) is 19.8 Å². The third kappa shape index (κ3) is 8.96. The van der Waals surface area contributed by atoms with E-state index in [-0.39, 0.29) is 48.8 Å². The van der Waals surface area contributed by atoms with Crippen LogP contribution in [0.3, 0.4) is 0 Å². The molecule has 4 aromatic rings. The van der Waals surface area contributed by atoms with Gasteiger partial charge in [-0.2, -0.15) is 5.26 Å². The van der Waals surface area contributed by atoms with Crippen LogP contribution >= 0.6 is 24.0 Å². The highest BCUT2D eigenvalue weighted by atomic mass is 35.5. The zero-order valence-electron chi connectivity index (χ0n) is 31.5. The lowest BCUT2D eigenvalue weighted by molar-refractivity contribution is -0.120. The summed E-state index contributed by atoms with van der Waals surface area (Å²) in [6.07, 6.45) is 6.91. The van der Waals surface area contributed by atoms with Crippen LogP contribution in [-0.2, 0) is 4.79 Å². The Morgan fingerprint density at radius 3 is 2.49 bits per heavy atom. The van der Waals surface area contributed by atoms with Gasteiger partial charge in [0, 0.05) is 69.4 Å². The SMILES string of the molecule is Cl.N#Cc1ccc(OC2CCC(NC(=O)c3ccc(N4CCC(CN5CC[C@H](n6ccc7c(N8CCC(=O)NC8=O)cccc76)[C@H](F)C5)CC4)nn3)CC2)cc1Cl. The molecule has 0 bridgehead atoms. The first-order chi connectivity index (χ1) is 27.2. The Bertz CT molecular complexity index is 2130. The monoisotopic (exact) mass is 817 g/mol. The molecule has 300 valence electrons. The molecule has 4 amide bonds. The van der Waals surface area contributed by atoms with E-state index in [0.29, 0.717) is 47.5 Å². The first-order valence-corrected chi connectivity index (χ1v) is 19.9. The highest BCUT2D eigenvalue weighted by Crippen LogP contribution is 2.35. The summed E-state index contributed by atoms with van der Waals surface area (Å²) in [7, 11) is 0. The molecule has 3 aliphatic heterocycles. The molecule has 2 aromatic carbocycles. The standard InChI is InChI=1S/C41H45ClFN9O4.ClH/c42-32-22-30(7-4-27(32)23-44)56-29-8-5-28(6-9-29)45-40(54)34-10-11-38(48-47-34)50-18-12-26(13-19-50)24-49-17-15-37(33(43)25-49)51-20-14-31-35(51)2-1-3-36(31)52-21-16-39(53)46-41(52)55;/h1-4,7,10-11,14,20,22,26,28-29,33,37H,5-6,8-9,12-13,15-19,21,24-25H2,(H,45,54)(H,46,53,55);1H/t28?,29?,33-,37+;/m1./s1. The van der Waals surface area contributed by atoms with Crippen molar-refractivity contribution in [1.29, 1.82) is 5.26 Å². The number of ether oxygens (including phenoxy) is 1. The fourth-order valence-electron chi connectivity index (χ4n) is 8.69. The summed E-state index contributed by atoms with van der Waals surface area (Å²) >= 11 is 6.14. The van der Waals surface area contributed by atoms with E-state index in [2.05, 4.69) is 36.7 Å². The number of rotatable bonds is 9. The Kier molecular flexibility index (Phi) is 12.5. The largest absolute Gasteiger partial charge is 0.490 e. The number of nitriles is 1. The second-order valence-electron chi connectivity index (χ2n) is 15.3. The third-order valence-corrected chi connectivity index (χ3v) is 12.1. The van der Waals surface area contributed by atoms with Crippen LogP contribution in [0.5, 0.6) is 5.75 Å². The average molecular weight is 819 g/mol. The minimum Gasteiger partial charge on any atom is -0.490 e. The number of benzene rings is 2. The van der Waals surface area contributed by atoms with Crippen molar-refractivity contribution in [3.05, 3.63) is 77.1 Å². The normalized spacial score (nSPS) is 23.4. The predicted molar refractivity (Wildman–Crippen MR) is 217 cm³/mol. The molecule has 0 spiro atoms. The second-order valence-corrected chi connectivity index (χ2v) is 15.8. The molecule has 13 nitrogen and oxygen atoms in total. The minimum atomic E-state index is -1.03. The van der Waals surface area contributed by atoms with Gasteiger partial charge in [0.15, 0.2) is 11.5 Å². The van der Waals surface area contributed by atoms with Crippen molar-refractivity contribution in [1.82, 2.24) is 30.3 Å². The molecular formula is C41H46Cl2FN9O4. The van der Waals surface area contributed by atoms with Crippen LogP contribution in [0.1, 0.15) is 73.5 Å². The van der Waals surface area contributed by atoms with E-state index in [1.807, 2.05) is 41.1 Å². The quantitative estimate of drug-likeness (QED) is 0.195. The number of carbonyl (C=O) groups excluding carboxylic acids is 3. The number of aromatic nitrogens is 3. The zero-order chi connectivity index (χ0) is 38.8. The van der Waals surface area contributed by atoms with Crippen LogP contribution in [0.4, 0.5) is 20.7 Å². The number of fused-ring (bicyclic) bond motifs is 1. The minimum absolute atomic E-state index is 0. The third-order valence-electron chi connectivity index (χ3n) is 11.7. The molecule has 0 unspecified atom stereocenters. The second kappa shape index (κ2) is 17.7. The summed E-state index contributed by atoms with van der Waals surface area (Å²) in [6, 6.07) is 17.7. The number of hydrogen-bond acceptors (Lipinski definition) is 9. The number of alkyl halides is 1. The van der Waals surface area contributed by atoms with E-state index in [4.69, 9.17) is 21.6 Å². The summed E-state index contributed by atoms with van der Waals surface area (Å²) in [5, 5.41) is 24.5. The average Bonchev–Trinajstić information content (AvgIpc) is 3.64. The number of nitrogens with one attached hydrogen (secondary N) is 2. The Hall–Kier alpha value is -4.97. The number of amides is 4. The van der Waals surface area contributed by atoms with E-state index in [1.165, 1.54) is 0 Å². The number of carbonyl (C=O) groups is 3. The van der Waals surface area contributed by atoms with E-state index in [1.54, 1.807) is 29.2 Å². The molecule has 4 aliphatic rings. The van der Waals surface area contributed by atoms with Crippen LogP contribution < -0.4 is 25.2 Å². The maximum atomic E-state index is 15.9. The van der Waals surface area contributed by atoms with Gasteiger partial charge >= 0.3 is 6.03 Å². The smallest absolute Gasteiger partial charge is 0.328 e. The number of urea groups is 1. The van der Waals surface area contributed by atoms with E-state index >= 15 is 4.39 Å². The van der Waals surface area contributed by atoms with Crippen LogP contribution in [0.25, 0.3) is 10.9 Å². The van der Waals surface area contributed by atoms with Gasteiger partial charge in [0.2, 0.25) is 5.91 Å². The first-order valence-electron chi connectivity index (χ1n) is 19.6. The number of nitrogens with zero attached hydrogens (tertiary/aromatic N) is 7. The van der Waals surface area contributed by atoms with Crippen molar-refractivity contribution >= 4 is 64.3 Å². The van der Waals surface area contributed by atoms with Crippen LogP contribution in [-0.4, -0.2) is 95.1 Å². The molecule has 0 radical (unpaired) electrons. The highest BCUT2D eigenvalue weighted by molar-refractivity contribution is 6.31. The Morgan fingerprint density at radius 1 is 0.982 bits per heavy atom. The molecule has 2 N–H and O–H groups in total. The molecular weight excluding hydrogens is 772 g/mol. The van der Waals surface area contributed by atoms with Crippen LogP contribution in [0, 0.1) is 17.2 Å². The molecule has 57 heavy (non-hydrogen) atoms. The molecule has 4 fully saturated rings. The van der Waals surface area contributed by atoms with Gasteiger partial charge in [0.25, 0.3) is 5.91 Å². The van der Waals surface area contributed by atoms with Gasteiger partial charge in [0.1, 0.15) is 18.0 Å². The zero-order valence-corrected chi connectivity index (χ0v) is 33.1. The molecule has 1 aliphatic carbocycles. The summed E-state index contributed by atoms with van der Waals surface area (Å²) in [6.45, 7) is 3.99. The molecule has 1 saturated carbocycles. The van der Waals surface area contributed by atoms with Crippen molar-refractivity contribution in [2.45, 2.75) is 75.7 Å². The Balaban J connectivity index is 0.00000496. The van der Waals surface area contributed by atoms with Crippen molar-refractivity contribution in [2.75, 3.05) is 49.1 Å². The van der Waals surface area contributed by atoms with Crippen molar-refractivity contribution < 1.29 is 23.5 Å². The van der Waals surface area contributed by atoms with Gasteiger partial charge in [-0.05, 0) is 93.3 Å². The number of anilines is 2. The lowest BCUT2D eigenvalue weighted by Gasteiger charge is -2.39. The summed E-state index contributed by atoms with van der Waals surface area (Å²) < 4.78 is 24.0. The van der Waals surface area contributed by atoms with Crippen molar-refractivity contribution in [3.63, 3.8) is 0 Å². The molecule has 3 saturated heterocycles. The van der Waals surface area contributed by atoms with E-state index in [9.17, 15) is 14.4 Å². The maximum absolute atomic E-state index is 15.9. The van der Waals surface area contributed by atoms with Crippen molar-refractivity contribution in [2.24, 2.45) is 5.92 Å². The predicted octanol–water partition coefficient (Wildman–Crippen LogP) is 6.45. The molecule has 2 atom stereocenters. The molecule has 2 aromatic heterocycles. The number of imide groups is 1. The van der Waals surface area contributed by atoms with E-state index in [0.717, 1.165) is 87.1 Å². The van der Waals surface area contributed by atoms with Crippen molar-refractivity contribution in [3.8, 4) is 11.8 Å². The lowest BCUT2D eigenvalue weighted by Crippen LogP contribution is -2.49. The topological polar surface area (TPSA) is 149 Å². The van der Waals surface area contributed by atoms with Gasteiger partial charge in [0.05, 0.1) is 33.9 Å². The van der Waals surface area contributed by atoms with Gasteiger partial charge < -0.3 is 24.4 Å². The fourth-order valence-corrected chi connectivity index (χ4v) is 8.90. The fraction of sp³-hybridized carbons (Fsp3) is 0.463. The number of piperidine rings is 2. The highest BCUT2D eigenvalue weighted by Gasteiger charge is 2.34. The summed E-state index contributed by atoms with van der Waals surface area (Å²) in [5.41, 5.74) is 2.31. The van der Waals surface area contributed by atoms with Crippen LogP contribution in [0.2, 0.25) is 5.02 Å². The van der Waals surface area contributed by atoms with Crippen LogP contribution in [0.15, 0.2) is 60.8 Å². The summed E-state index contributed by atoms with van der Waals surface area (Å²) in [5.74, 6) is 1.33. The Labute approximate surface area is 341 Å². The number of likely N-dealkylation sites (tertiary alicyclic amines) is 1. The van der Waals surface area contributed by atoms with E-state index < -0.39 is 12.2 Å². The van der Waals surface area contributed by atoms with Gasteiger partial charge in [-0.15, -0.1) is 22.6 Å². The molecule has 8 rings (SSSR count). The number of halogens is 3. The molecule has 16 heteroatoms.